The number of carbonyl (C=O) groups is 2. The fourth-order valence-electron chi connectivity index (χ4n) is 3.59. The van der Waals surface area contributed by atoms with Gasteiger partial charge in [0.2, 0.25) is 0 Å². The molecule has 0 saturated heterocycles. The van der Waals surface area contributed by atoms with E-state index in [2.05, 4.69) is 10.3 Å². The summed E-state index contributed by atoms with van der Waals surface area (Å²) in [5.74, 6) is -0.747. The van der Waals surface area contributed by atoms with E-state index < -0.39 is 11.5 Å². The lowest BCUT2D eigenvalue weighted by molar-refractivity contribution is -0.145. The smallest absolute Gasteiger partial charge is 0.329 e. The summed E-state index contributed by atoms with van der Waals surface area (Å²) in [5, 5.41) is 12.6. The third kappa shape index (κ3) is 4.10. The number of ether oxygens (including phenoxy) is 1. The topological polar surface area (TPSA) is 88.5 Å². The van der Waals surface area contributed by atoms with Crippen molar-refractivity contribution in [3.8, 4) is 17.0 Å². The molecule has 1 heterocycles. The average molecular weight is 368 g/mol. The summed E-state index contributed by atoms with van der Waals surface area (Å²) in [6.45, 7) is 0. The van der Waals surface area contributed by atoms with Crippen molar-refractivity contribution in [1.29, 1.82) is 0 Å². The summed E-state index contributed by atoms with van der Waals surface area (Å²) < 4.78 is 5.39. The van der Waals surface area contributed by atoms with Gasteiger partial charge in [-0.05, 0) is 43.2 Å². The normalized spacial score (nSPS) is 16.2. The Hall–Kier alpha value is -2.89. The first kappa shape index (κ1) is 18.9. The minimum absolute atomic E-state index is 0.390. The highest BCUT2D eigenvalue weighted by Gasteiger charge is 2.40. The Morgan fingerprint density at radius 2 is 1.85 bits per heavy atom. The zero-order chi connectivity index (χ0) is 19.3. The van der Waals surface area contributed by atoms with Gasteiger partial charge >= 0.3 is 5.97 Å². The molecule has 0 spiro atoms. The van der Waals surface area contributed by atoms with Crippen LogP contribution < -0.4 is 10.1 Å². The number of methoxy groups -OCH3 is 1. The molecule has 1 amide bonds. The number of carboxylic acid groups (broad SMARTS) is 1. The second-order valence-electron chi connectivity index (χ2n) is 6.89. The lowest BCUT2D eigenvalue weighted by Crippen LogP contribution is -2.54. The van der Waals surface area contributed by atoms with E-state index >= 15 is 0 Å². The third-order valence-electron chi connectivity index (χ3n) is 5.12. The maximum atomic E-state index is 12.9. The van der Waals surface area contributed by atoms with Crippen LogP contribution in [0.3, 0.4) is 0 Å². The Kier molecular flexibility index (Phi) is 5.74. The van der Waals surface area contributed by atoms with Gasteiger partial charge in [-0.2, -0.15) is 0 Å². The molecule has 2 aromatic rings. The van der Waals surface area contributed by atoms with Crippen molar-refractivity contribution in [3.05, 3.63) is 48.2 Å². The Labute approximate surface area is 158 Å². The highest BCUT2D eigenvalue weighted by Crippen LogP contribution is 2.31. The van der Waals surface area contributed by atoms with Crippen LogP contribution in [0, 0.1) is 0 Å². The highest BCUT2D eigenvalue weighted by molar-refractivity contribution is 5.99. The number of aromatic nitrogens is 1. The average Bonchev–Trinajstić information content (AvgIpc) is 2.94. The quantitative estimate of drug-likeness (QED) is 0.786. The van der Waals surface area contributed by atoms with Gasteiger partial charge in [-0.1, -0.05) is 31.7 Å². The van der Waals surface area contributed by atoms with Crippen molar-refractivity contribution in [3.63, 3.8) is 0 Å². The zero-order valence-corrected chi connectivity index (χ0v) is 15.4. The van der Waals surface area contributed by atoms with Gasteiger partial charge in [-0.15, -0.1) is 0 Å². The van der Waals surface area contributed by atoms with Crippen LogP contribution in [0.1, 0.15) is 48.9 Å². The van der Waals surface area contributed by atoms with Crippen LogP contribution in [0.4, 0.5) is 0 Å². The predicted molar refractivity (Wildman–Crippen MR) is 102 cm³/mol. The second kappa shape index (κ2) is 8.20. The first-order chi connectivity index (χ1) is 13.1. The fraction of sp³-hybridized carbons (Fsp3) is 0.381. The lowest BCUT2D eigenvalue weighted by Gasteiger charge is -2.29. The van der Waals surface area contributed by atoms with E-state index in [1.807, 2.05) is 18.2 Å². The summed E-state index contributed by atoms with van der Waals surface area (Å²) in [7, 11) is 1.56. The van der Waals surface area contributed by atoms with Crippen molar-refractivity contribution < 1.29 is 19.4 Å². The first-order valence-electron chi connectivity index (χ1n) is 9.21. The molecule has 6 heteroatoms. The summed E-state index contributed by atoms with van der Waals surface area (Å²) in [4.78, 5) is 29.1. The number of rotatable bonds is 5. The summed E-state index contributed by atoms with van der Waals surface area (Å²) in [6.07, 6.45) is 6.18. The maximum Gasteiger partial charge on any atom is 0.329 e. The van der Waals surface area contributed by atoms with E-state index in [1.54, 1.807) is 31.5 Å². The molecule has 27 heavy (non-hydrogen) atoms. The molecular formula is C21H24N2O4. The standard InChI is InChI=1S/C21H24N2O4/c1-27-18-10-9-15(14-16(18)17-8-4-7-13-22-17)19(24)23-21(20(25)26)11-5-2-3-6-12-21/h4,7-10,13-14H,2-3,5-6,11-12H2,1H3,(H,23,24)(H,25,26). The van der Waals surface area contributed by atoms with Crippen molar-refractivity contribution in [2.75, 3.05) is 7.11 Å². The molecule has 1 aromatic carbocycles. The second-order valence-corrected chi connectivity index (χ2v) is 6.89. The Balaban J connectivity index is 1.91. The van der Waals surface area contributed by atoms with Crippen LogP contribution in [-0.2, 0) is 4.79 Å². The molecule has 0 radical (unpaired) electrons. The number of carboxylic acids is 1. The molecule has 0 aliphatic heterocycles. The van der Waals surface area contributed by atoms with E-state index in [9.17, 15) is 14.7 Å². The minimum atomic E-state index is -1.20. The van der Waals surface area contributed by atoms with E-state index in [0.29, 0.717) is 35.4 Å². The van der Waals surface area contributed by atoms with Crippen LogP contribution in [0.15, 0.2) is 42.6 Å². The first-order valence-corrected chi connectivity index (χ1v) is 9.21. The Morgan fingerprint density at radius 1 is 1.11 bits per heavy atom. The number of hydrogen-bond donors (Lipinski definition) is 2. The minimum Gasteiger partial charge on any atom is -0.496 e. The number of aliphatic carboxylic acids is 1. The van der Waals surface area contributed by atoms with Crippen LogP contribution in [-0.4, -0.2) is 34.6 Å². The zero-order valence-electron chi connectivity index (χ0n) is 15.4. The van der Waals surface area contributed by atoms with Gasteiger partial charge in [-0.3, -0.25) is 9.78 Å². The van der Waals surface area contributed by atoms with Crippen LogP contribution >= 0.6 is 0 Å². The number of pyridine rings is 1. The molecule has 1 aliphatic rings. The summed E-state index contributed by atoms with van der Waals surface area (Å²) >= 11 is 0. The van der Waals surface area contributed by atoms with Crippen molar-refractivity contribution in [2.45, 2.75) is 44.1 Å². The molecule has 6 nitrogen and oxygen atoms in total. The third-order valence-corrected chi connectivity index (χ3v) is 5.12. The SMILES string of the molecule is COc1ccc(C(=O)NC2(C(=O)O)CCCCCC2)cc1-c1ccccn1. The molecule has 1 saturated carbocycles. The van der Waals surface area contributed by atoms with E-state index in [1.165, 1.54) is 0 Å². The number of carbonyl (C=O) groups excluding carboxylic acids is 1. The highest BCUT2D eigenvalue weighted by atomic mass is 16.5. The number of nitrogens with one attached hydrogen (secondary N) is 1. The molecule has 0 unspecified atom stereocenters. The Bertz CT molecular complexity index is 812. The van der Waals surface area contributed by atoms with Gasteiger partial charge in [0.05, 0.1) is 12.8 Å². The van der Waals surface area contributed by atoms with Crippen molar-refractivity contribution in [2.24, 2.45) is 0 Å². The van der Waals surface area contributed by atoms with Crippen molar-refractivity contribution in [1.82, 2.24) is 10.3 Å². The fourth-order valence-corrected chi connectivity index (χ4v) is 3.59. The number of amides is 1. The molecule has 2 N–H and O–H groups in total. The van der Waals surface area contributed by atoms with Gasteiger partial charge in [0.15, 0.2) is 0 Å². The Morgan fingerprint density at radius 3 is 2.44 bits per heavy atom. The molecule has 1 aliphatic carbocycles. The van der Waals surface area contributed by atoms with Crippen LogP contribution in [0.2, 0.25) is 0 Å². The van der Waals surface area contributed by atoms with Crippen LogP contribution in [0.5, 0.6) is 5.75 Å². The van der Waals surface area contributed by atoms with Gasteiger partial charge in [0, 0.05) is 17.3 Å². The maximum absolute atomic E-state index is 12.9. The monoisotopic (exact) mass is 368 g/mol. The van der Waals surface area contributed by atoms with E-state index in [0.717, 1.165) is 25.7 Å². The molecule has 3 rings (SSSR count). The molecule has 142 valence electrons. The lowest BCUT2D eigenvalue weighted by atomic mass is 9.89. The van der Waals surface area contributed by atoms with Gasteiger partial charge < -0.3 is 15.2 Å². The van der Waals surface area contributed by atoms with E-state index in [4.69, 9.17) is 4.74 Å². The number of hydrogen-bond acceptors (Lipinski definition) is 4. The molecular weight excluding hydrogens is 344 g/mol. The number of nitrogens with zero attached hydrogens (tertiary/aromatic N) is 1. The number of benzene rings is 1. The van der Waals surface area contributed by atoms with Crippen LogP contribution in [0.25, 0.3) is 11.3 Å². The summed E-state index contributed by atoms with van der Waals surface area (Å²) in [6, 6.07) is 10.6. The largest absolute Gasteiger partial charge is 0.496 e. The molecule has 0 atom stereocenters. The summed E-state index contributed by atoms with van der Waals surface area (Å²) in [5.41, 5.74) is 0.572. The molecule has 1 aromatic heterocycles. The predicted octanol–water partition coefficient (Wildman–Crippen LogP) is 3.66. The van der Waals surface area contributed by atoms with Crippen molar-refractivity contribution >= 4 is 11.9 Å². The van der Waals surface area contributed by atoms with E-state index in [-0.39, 0.29) is 5.91 Å². The van der Waals surface area contributed by atoms with Gasteiger partial charge in [0.25, 0.3) is 5.91 Å². The van der Waals surface area contributed by atoms with Gasteiger partial charge in [-0.25, -0.2) is 4.79 Å². The molecule has 1 fully saturated rings. The van der Waals surface area contributed by atoms with Gasteiger partial charge in [0.1, 0.15) is 11.3 Å². The molecule has 0 bridgehead atoms.